The van der Waals surface area contributed by atoms with E-state index in [1.807, 2.05) is 0 Å². The fourth-order valence-electron chi connectivity index (χ4n) is 3.37. The molecule has 106 valence electrons. The third kappa shape index (κ3) is 2.02. The number of hydrogen-bond acceptors (Lipinski definition) is 2. The molecule has 4 nitrogen and oxygen atoms in total. The van der Waals surface area contributed by atoms with Crippen molar-refractivity contribution in [1.29, 1.82) is 0 Å². The van der Waals surface area contributed by atoms with Crippen LogP contribution in [0.3, 0.4) is 0 Å². The Balaban J connectivity index is 1.92. The molecule has 2 fully saturated rings. The van der Waals surface area contributed by atoms with Crippen LogP contribution in [0, 0.1) is 11.7 Å². The maximum Gasteiger partial charge on any atom is 0.308 e. The fourth-order valence-corrected chi connectivity index (χ4v) is 3.73. The first kappa shape index (κ1) is 13.5. The number of fused-ring (bicyclic) bond motifs is 2. The van der Waals surface area contributed by atoms with E-state index in [1.165, 1.54) is 18.2 Å². The lowest BCUT2D eigenvalue weighted by Gasteiger charge is -2.23. The van der Waals surface area contributed by atoms with Gasteiger partial charge in [0, 0.05) is 16.6 Å². The normalized spacial score (nSPS) is 27.9. The number of carboxylic acid groups (broad SMARTS) is 1. The van der Waals surface area contributed by atoms with Gasteiger partial charge in [-0.25, -0.2) is 4.39 Å². The topological polar surface area (TPSA) is 57.6 Å². The molecule has 3 unspecified atom stereocenters. The highest BCUT2D eigenvalue weighted by Crippen LogP contribution is 2.42. The van der Waals surface area contributed by atoms with Crippen LogP contribution in [-0.2, 0) is 4.79 Å². The molecule has 0 aromatic heterocycles. The van der Waals surface area contributed by atoms with Gasteiger partial charge in [-0.15, -0.1) is 0 Å². The van der Waals surface area contributed by atoms with Crippen LogP contribution in [0.15, 0.2) is 22.7 Å². The Morgan fingerprint density at radius 1 is 1.35 bits per heavy atom. The standard InChI is InChI=1S/C14H13BrFNO3/c15-7-1-3-11(16)9(5-7)13(18)17-8-2-4-12(17)10(6-8)14(19)20/h1,3,5,8,10,12H,2,4,6H2,(H,19,20). The second kappa shape index (κ2) is 4.84. The van der Waals surface area contributed by atoms with Crippen molar-refractivity contribution in [3.05, 3.63) is 34.1 Å². The van der Waals surface area contributed by atoms with E-state index in [0.29, 0.717) is 17.3 Å². The molecule has 2 heterocycles. The molecule has 1 amide bonds. The van der Waals surface area contributed by atoms with Gasteiger partial charge in [-0.1, -0.05) is 15.9 Å². The highest BCUT2D eigenvalue weighted by atomic mass is 79.9. The lowest BCUT2D eigenvalue weighted by Crippen LogP contribution is -2.38. The molecule has 1 N–H and O–H groups in total. The van der Waals surface area contributed by atoms with Crippen LogP contribution in [0.25, 0.3) is 0 Å². The number of aliphatic carboxylic acids is 1. The Morgan fingerprint density at radius 2 is 2.10 bits per heavy atom. The van der Waals surface area contributed by atoms with Crippen LogP contribution < -0.4 is 0 Å². The Morgan fingerprint density at radius 3 is 2.75 bits per heavy atom. The van der Waals surface area contributed by atoms with Gasteiger partial charge in [-0.05, 0) is 37.5 Å². The molecule has 0 spiro atoms. The molecule has 2 aliphatic rings. The summed E-state index contributed by atoms with van der Waals surface area (Å²) < 4.78 is 14.4. The van der Waals surface area contributed by atoms with Gasteiger partial charge in [0.05, 0.1) is 11.5 Å². The molecule has 0 saturated carbocycles. The molecule has 1 aromatic carbocycles. The van der Waals surface area contributed by atoms with Crippen molar-refractivity contribution in [2.24, 2.45) is 5.92 Å². The largest absolute Gasteiger partial charge is 0.481 e. The predicted octanol–water partition coefficient (Wildman–Crippen LogP) is 2.67. The van der Waals surface area contributed by atoms with Crippen LogP contribution >= 0.6 is 15.9 Å². The van der Waals surface area contributed by atoms with Crippen LogP contribution in [0.4, 0.5) is 4.39 Å². The van der Waals surface area contributed by atoms with Crippen molar-refractivity contribution in [2.75, 3.05) is 0 Å². The maximum absolute atomic E-state index is 13.8. The highest BCUT2D eigenvalue weighted by molar-refractivity contribution is 9.10. The Kier molecular flexibility index (Phi) is 3.28. The van der Waals surface area contributed by atoms with E-state index in [-0.39, 0.29) is 17.6 Å². The molecule has 3 atom stereocenters. The van der Waals surface area contributed by atoms with Gasteiger partial charge < -0.3 is 10.0 Å². The molecule has 2 aliphatic heterocycles. The number of benzene rings is 1. The molecule has 0 aliphatic carbocycles. The highest BCUT2D eigenvalue weighted by Gasteiger charge is 2.51. The van der Waals surface area contributed by atoms with Gasteiger partial charge in [0.25, 0.3) is 5.91 Å². The van der Waals surface area contributed by atoms with E-state index < -0.39 is 23.6 Å². The summed E-state index contributed by atoms with van der Waals surface area (Å²) in [4.78, 5) is 25.3. The molecule has 0 radical (unpaired) electrons. The van der Waals surface area contributed by atoms with Gasteiger partial charge in [0.15, 0.2) is 0 Å². The molecule has 2 saturated heterocycles. The summed E-state index contributed by atoms with van der Waals surface area (Å²) in [5, 5.41) is 9.18. The monoisotopic (exact) mass is 341 g/mol. The van der Waals surface area contributed by atoms with Crippen molar-refractivity contribution < 1.29 is 19.1 Å². The average Bonchev–Trinajstić information content (AvgIpc) is 2.98. The second-order valence-corrected chi connectivity index (χ2v) is 6.23. The third-order valence-corrected chi connectivity index (χ3v) is 4.74. The Bertz CT molecular complexity index is 592. The van der Waals surface area contributed by atoms with Crippen molar-refractivity contribution >= 4 is 27.8 Å². The minimum absolute atomic E-state index is 0.00214. The summed E-state index contributed by atoms with van der Waals surface area (Å²) in [6.45, 7) is 0. The van der Waals surface area contributed by atoms with Gasteiger partial charge in [0.2, 0.25) is 0 Å². The molecular formula is C14H13BrFNO3. The maximum atomic E-state index is 13.8. The summed E-state index contributed by atoms with van der Waals surface area (Å²) in [5.74, 6) is -2.37. The minimum atomic E-state index is -0.871. The average molecular weight is 342 g/mol. The lowest BCUT2D eigenvalue weighted by atomic mass is 9.89. The van der Waals surface area contributed by atoms with Gasteiger partial charge in [-0.2, -0.15) is 0 Å². The summed E-state index contributed by atoms with van der Waals surface area (Å²) in [7, 11) is 0. The van der Waals surface area contributed by atoms with Crippen LogP contribution in [0.5, 0.6) is 0 Å². The van der Waals surface area contributed by atoms with E-state index in [1.54, 1.807) is 4.90 Å². The summed E-state index contributed by atoms with van der Waals surface area (Å²) in [5.41, 5.74) is 0.00214. The van der Waals surface area contributed by atoms with E-state index in [9.17, 15) is 19.1 Å². The number of amides is 1. The lowest BCUT2D eigenvalue weighted by molar-refractivity contribution is -0.142. The van der Waals surface area contributed by atoms with Crippen LogP contribution in [-0.4, -0.2) is 34.0 Å². The minimum Gasteiger partial charge on any atom is -0.481 e. The van der Waals surface area contributed by atoms with Crippen molar-refractivity contribution in [3.8, 4) is 0 Å². The Labute approximate surface area is 123 Å². The SMILES string of the molecule is O=C(O)C1CC2CCC1N2C(=O)c1cc(Br)ccc1F. The summed E-state index contributed by atoms with van der Waals surface area (Å²) >= 11 is 3.22. The molecule has 1 aromatic rings. The van der Waals surface area contributed by atoms with Crippen molar-refractivity contribution in [1.82, 2.24) is 4.90 Å². The number of rotatable bonds is 2. The van der Waals surface area contributed by atoms with E-state index in [4.69, 9.17) is 0 Å². The third-order valence-electron chi connectivity index (χ3n) is 4.25. The first-order valence-corrected chi connectivity index (χ1v) is 7.29. The van der Waals surface area contributed by atoms with E-state index >= 15 is 0 Å². The predicted molar refractivity (Wildman–Crippen MR) is 72.8 cm³/mol. The second-order valence-electron chi connectivity index (χ2n) is 5.32. The number of hydrogen-bond donors (Lipinski definition) is 1. The van der Waals surface area contributed by atoms with Gasteiger partial charge in [0.1, 0.15) is 5.82 Å². The Hall–Kier alpha value is -1.43. The summed E-state index contributed by atoms with van der Waals surface area (Å²) in [6.07, 6.45) is 1.96. The van der Waals surface area contributed by atoms with Gasteiger partial charge in [-0.3, -0.25) is 9.59 Å². The first-order valence-electron chi connectivity index (χ1n) is 6.49. The van der Waals surface area contributed by atoms with Crippen molar-refractivity contribution in [2.45, 2.75) is 31.3 Å². The number of carboxylic acids is 1. The van der Waals surface area contributed by atoms with E-state index in [0.717, 1.165) is 6.42 Å². The van der Waals surface area contributed by atoms with Gasteiger partial charge >= 0.3 is 5.97 Å². The molecule has 2 bridgehead atoms. The zero-order chi connectivity index (χ0) is 14.4. The molecule has 20 heavy (non-hydrogen) atoms. The van der Waals surface area contributed by atoms with Crippen LogP contribution in [0.1, 0.15) is 29.6 Å². The zero-order valence-corrected chi connectivity index (χ0v) is 12.1. The van der Waals surface area contributed by atoms with Crippen LogP contribution in [0.2, 0.25) is 0 Å². The first-order chi connectivity index (χ1) is 9.49. The zero-order valence-electron chi connectivity index (χ0n) is 10.6. The number of nitrogens with zero attached hydrogens (tertiary/aromatic N) is 1. The fraction of sp³-hybridized carbons (Fsp3) is 0.429. The molecular weight excluding hydrogens is 329 g/mol. The smallest absolute Gasteiger partial charge is 0.308 e. The number of halogens is 2. The molecule has 6 heteroatoms. The van der Waals surface area contributed by atoms with E-state index in [2.05, 4.69) is 15.9 Å². The molecule has 3 rings (SSSR count). The number of carbonyl (C=O) groups is 2. The number of carbonyl (C=O) groups excluding carboxylic acids is 1. The quantitative estimate of drug-likeness (QED) is 0.899. The van der Waals surface area contributed by atoms with Crippen molar-refractivity contribution in [3.63, 3.8) is 0 Å². The summed E-state index contributed by atoms with van der Waals surface area (Å²) in [6, 6.07) is 3.84.